The Morgan fingerprint density at radius 1 is 1.07 bits per heavy atom. The maximum atomic E-state index is 11.3. The van der Waals surface area contributed by atoms with Crippen LogP contribution in [0.3, 0.4) is 0 Å². The van der Waals surface area contributed by atoms with Crippen LogP contribution in [0, 0.1) is 19.3 Å². The molecule has 4 heteroatoms. The molecule has 3 rings (SSSR count). The Hall–Kier alpha value is -3.03. The van der Waals surface area contributed by atoms with Gasteiger partial charge in [-0.2, -0.15) is 0 Å². The number of nitrogens with zero attached hydrogens (tertiary/aromatic N) is 1. The van der Waals surface area contributed by atoms with Crippen molar-refractivity contribution < 1.29 is 9.15 Å². The van der Waals surface area contributed by atoms with Crippen LogP contribution in [0.4, 0.5) is 0 Å². The van der Waals surface area contributed by atoms with E-state index >= 15 is 0 Å². The van der Waals surface area contributed by atoms with Gasteiger partial charge in [-0.25, -0.2) is 4.79 Å². The molecule has 144 valence electrons. The standard InChI is InChI=1S/C24H25NO3/c1-3-14-25(18-20-8-6-19(2)7-9-20)15-4-5-16-27-22-12-10-21-11-13-24(26)28-23(21)17-22/h1,6-13,17H,4-5,14-16,18H2,2H3. The smallest absolute Gasteiger partial charge is 0.336 e. The molecule has 0 aliphatic heterocycles. The van der Waals surface area contributed by atoms with Crippen molar-refractivity contribution in [2.24, 2.45) is 0 Å². The van der Waals surface area contributed by atoms with Gasteiger partial charge in [0.15, 0.2) is 0 Å². The van der Waals surface area contributed by atoms with E-state index in [1.54, 1.807) is 12.1 Å². The van der Waals surface area contributed by atoms with Gasteiger partial charge in [-0.3, -0.25) is 4.90 Å². The summed E-state index contributed by atoms with van der Waals surface area (Å²) in [6, 6.07) is 17.3. The lowest BCUT2D eigenvalue weighted by molar-refractivity contribution is 0.263. The molecule has 0 saturated carbocycles. The Bertz CT molecular complexity index is 999. The summed E-state index contributed by atoms with van der Waals surface area (Å²) in [4.78, 5) is 13.6. The summed E-state index contributed by atoms with van der Waals surface area (Å²) >= 11 is 0. The minimum absolute atomic E-state index is 0.355. The number of aryl methyl sites for hydroxylation is 1. The van der Waals surface area contributed by atoms with Crippen LogP contribution in [0.5, 0.6) is 5.75 Å². The van der Waals surface area contributed by atoms with E-state index in [2.05, 4.69) is 42.0 Å². The SMILES string of the molecule is C#CCN(CCCCOc1ccc2ccc(=O)oc2c1)Cc1ccc(C)cc1. The Kier molecular flexibility index (Phi) is 6.89. The molecule has 2 aromatic carbocycles. The zero-order valence-corrected chi connectivity index (χ0v) is 16.2. The first kappa shape index (κ1) is 19.7. The van der Waals surface area contributed by atoms with Crippen LogP contribution in [-0.2, 0) is 6.54 Å². The van der Waals surface area contributed by atoms with E-state index in [0.29, 0.717) is 24.5 Å². The zero-order chi connectivity index (χ0) is 19.8. The molecule has 0 aliphatic carbocycles. The van der Waals surface area contributed by atoms with Gasteiger partial charge in [-0.1, -0.05) is 35.7 Å². The molecule has 0 bridgehead atoms. The van der Waals surface area contributed by atoms with Crippen molar-refractivity contribution in [2.75, 3.05) is 19.7 Å². The van der Waals surface area contributed by atoms with Gasteiger partial charge < -0.3 is 9.15 Å². The van der Waals surface area contributed by atoms with Gasteiger partial charge in [-0.05, 0) is 50.1 Å². The highest BCUT2D eigenvalue weighted by atomic mass is 16.5. The molecule has 0 fully saturated rings. The maximum Gasteiger partial charge on any atom is 0.336 e. The van der Waals surface area contributed by atoms with Gasteiger partial charge >= 0.3 is 5.63 Å². The normalized spacial score (nSPS) is 10.9. The molecule has 28 heavy (non-hydrogen) atoms. The molecule has 0 saturated heterocycles. The quantitative estimate of drug-likeness (QED) is 0.316. The highest BCUT2D eigenvalue weighted by Gasteiger charge is 2.05. The molecule has 0 N–H and O–H groups in total. The van der Waals surface area contributed by atoms with Crippen molar-refractivity contribution in [3.05, 3.63) is 76.1 Å². The van der Waals surface area contributed by atoms with E-state index in [-0.39, 0.29) is 5.63 Å². The summed E-state index contributed by atoms with van der Waals surface area (Å²) in [6.07, 6.45) is 7.44. The van der Waals surface area contributed by atoms with Gasteiger partial charge in [0.2, 0.25) is 0 Å². The highest BCUT2D eigenvalue weighted by Crippen LogP contribution is 2.19. The van der Waals surface area contributed by atoms with E-state index in [4.69, 9.17) is 15.6 Å². The van der Waals surface area contributed by atoms with Crippen LogP contribution in [-0.4, -0.2) is 24.6 Å². The van der Waals surface area contributed by atoms with Gasteiger partial charge in [0, 0.05) is 24.1 Å². The molecule has 0 unspecified atom stereocenters. The number of fused-ring (bicyclic) bond motifs is 1. The Morgan fingerprint density at radius 3 is 2.64 bits per heavy atom. The molecule has 0 radical (unpaired) electrons. The van der Waals surface area contributed by atoms with Crippen molar-refractivity contribution in [1.29, 1.82) is 0 Å². The summed E-state index contributed by atoms with van der Waals surface area (Å²) in [5.74, 6) is 3.46. The fourth-order valence-corrected chi connectivity index (χ4v) is 3.05. The highest BCUT2D eigenvalue weighted by molar-refractivity contribution is 5.77. The topological polar surface area (TPSA) is 42.7 Å². The molecular weight excluding hydrogens is 350 g/mol. The fraction of sp³-hybridized carbons (Fsp3) is 0.292. The Balaban J connectivity index is 1.45. The molecule has 0 aliphatic rings. The number of rotatable bonds is 9. The van der Waals surface area contributed by atoms with Crippen molar-refractivity contribution >= 4 is 11.0 Å². The van der Waals surface area contributed by atoms with Gasteiger partial charge in [0.1, 0.15) is 11.3 Å². The number of benzene rings is 2. The summed E-state index contributed by atoms with van der Waals surface area (Å²) in [5, 5.41) is 0.882. The van der Waals surface area contributed by atoms with Crippen molar-refractivity contribution in [2.45, 2.75) is 26.3 Å². The largest absolute Gasteiger partial charge is 0.493 e. The van der Waals surface area contributed by atoms with Gasteiger partial charge in [-0.15, -0.1) is 6.42 Å². The summed E-state index contributed by atoms with van der Waals surface area (Å²) < 4.78 is 11.0. The molecule has 3 aromatic rings. The molecular formula is C24H25NO3. The lowest BCUT2D eigenvalue weighted by Gasteiger charge is -2.20. The summed E-state index contributed by atoms with van der Waals surface area (Å²) in [6.45, 7) is 5.12. The third-order valence-corrected chi connectivity index (χ3v) is 4.57. The van der Waals surface area contributed by atoms with Gasteiger partial charge in [0.25, 0.3) is 0 Å². The number of hydrogen-bond acceptors (Lipinski definition) is 4. The van der Waals surface area contributed by atoms with Crippen molar-refractivity contribution in [1.82, 2.24) is 4.90 Å². The Labute approximate surface area is 165 Å². The number of hydrogen-bond donors (Lipinski definition) is 0. The van der Waals surface area contributed by atoms with E-state index in [9.17, 15) is 4.79 Å². The summed E-state index contributed by atoms with van der Waals surface area (Å²) in [7, 11) is 0. The van der Waals surface area contributed by atoms with Gasteiger partial charge in [0.05, 0.1) is 13.2 Å². The van der Waals surface area contributed by atoms with Crippen LogP contribution in [0.15, 0.2) is 63.8 Å². The third kappa shape index (κ3) is 5.73. The Morgan fingerprint density at radius 2 is 1.86 bits per heavy atom. The number of ether oxygens (including phenoxy) is 1. The molecule has 1 aromatic heterocycles. The average molecular weight is 375 g/mol. The molecule has 0 amide bonds. The van der Waals surface area contributed by atoms with E-state index in [1.165, 1.54) is 17.2 Å². The lowest BCUT2D eigenvalue weighted by Crippen LogP contribution is -2.25. The van der Waals surface area contributed by atoms with Crippen LogP contribution < -0.4 is 10.4 Å². The van der Waals surface area contributed by atoms with Crippen LogP contribution in [0.2, 0.25) is 0 Å². The minimum atomic E-state index is -0.355. The molecule has 0 atom stereocenters. The maximum absolute atomic E-state index is 11.3. The zero-order valence-electron chi connectivity index (χ0n) is 16.2. The van der Waals surface area contributed by atoms with Crippen molar-refractivity contribution in [3.8, 4) is 18.1 Å². The van der Waals surface area contributed by atoms with Crippen LogP contribution in [0.25, 0.3) is 11.0 Å². The van der Waals surface area contributed by atoms with Crippen molar-refractivity contribution in [3.63, 3.8) is 0 Å². The van der Waals surface area contributed by atoms with E-state index in [0.717, 1.165) is 31.3 Å². The lowest BCUT2D eigenvalue weighted by atomic mass is 10.1. The number of unbranched alkanes of at least 4 members (excludes halogenated alkanes) is 1. The predicted molar refractivity (Wildman–Crippen MR) is 113 cm³/mol. The fourth-order valence-electron chi connectivity index (χ4n) is 3.05. The molecule has 4 nitrogen and oxygen atoms in total. The average Bonchev–Trinajstić information content (AvgIpc) is 2.69. The second kappa shape index (κ2) is 9.77. The molecule has 1 heterocycles. The van der Waals surface area contributed by atoms with Crippen LogP contribution >= 0.6 is 0 Å². The first-order chi connectivity index (χ1) is 13.6. The number of terminal acetylenes is 1. The van der Waals surface area contributed by atoms with E-state index in [1.807, 2.05) is 12.1 Å². The summed E-state index contributed by atoms with van der Waals surface area (Å²) in [5.41, 5.74) is 2.72. The predicted octanol–water partition coefficient (Wildman–Crippen LogP) is 4.40. The van der Waals surface area contributed by atoms with Crippen LogP contribution in [0.1, 0.15) is 24.0 Å². The van der Waals surface area contributed by atoms with E-state index < -0.39 is 0 Å². The first-order valence-corrected chi connectivity index (χ1v) is 9.52. The minimum Gasteiger partial charge on any atom is -0.493 e. The second-order valence-corrected chi connectivity index (χ2v) is 6.91. The molecule has 0 spiro atoms. The third-order valence-electron chi connectivity index (χ3n) is 4.57. The first-order valence-electron chi connectivity index (χ1n) is 9.52. The second-order valence-electron chi connectivity index (χ2n) is 6.91. The monoisotopic (exact) mass is 375 g/mol.